The summed E-state index contributed by atoms with van der Waals surface area (Å²) in [6.07, 6.45) is 1.04. The largest absolute Gasteiger partial charge is 0.481 e. The lowest BCUT2D eigenvalue weighted by molar-refractivity contribution is 0.373. The van der Waals surface area contributed by atoms with Crippen LogP contribution in [0.15, 0.2) is 10.5 Å². The van der Waals surface area contributed by atoms with E-state index in [2.05, 4.69) is 37.7 Å². The van der Waals surface area contributed by atoms with Gasteiger partial charge in [-0.3, -0.25) is 5.32 Å². The van der Waals surface area contributed by atoms with Crippen molar-refractivity contribution in [3.05, 3.63) is 12.0 Å². The van der Waals surface area contributed by atoms with Crippen LogP contribution < -0.4 is 20.1 Å². The van der Waals surface area contributed by atoms with Crippen molar-refractivity contribution in [1.82, 2.24) is 25.5 Å². The van der Waals surface area contributed by atoms with Crippen LogP contribution in [0.3, 0.4) is 0 Å². The number of aromatic nitrogens is 4. The zero-order chi connectivity index (χ0) is 15.1. The van der Waals surface area contributed by atoms with Crippen LogP contribution in [-0.4, -0.2) is 40.9 Å². The van der Waals surface area contributed by atoms with E-state index in [-0.39, 0.29) is 12.0 Å². The fourth-order valence-electron chi connectivity index (χ4n) is 1.51. The predicted octanol–water partition coefficient (Wildman–Crippen LogP) is 1.12. The number of rotatable bonds is 8. The molecule has 114 valence electrons. The van der Waals surface area contributed by atoms with Gasteiger partial charge < -0.3 is 19.2 Å². The average molecular weight is 294 g/mol. The molecule has 0 saturated carbocycles. The number of hydrogen-bond acceptors (Lipinski definition) is 9. The van der Waals surface area contributed by atoms with Gasteiger partial charge in [0.05, 0.1) is 26.8 Å². The zero-order valence-corrected chi connectivity index (χ0v) is 12.2. The molecule has 0 aromatic carbocycles. The molecule has 2 heterocycles. The second-order valence-corrected chi connectivity index (χ2v) is 4.08. The minimum Gasteiger partial charge on any atom is -0.481 e. The topological polar surface area (TPSA) is 107 Å². The standard InChI is InChI=1S/C12H18N6O3/c1-4-5-13-7-10-17-18-12(21-10)16-11-14-8(19-2)6-9(15-11)20-3/h6,13H,4-5,7H2,1-3H3,(H,14,15,16,18). The fourth-order valence-corrected chi connectivity index (χ4v) is 1.51. The van der Waals surface area contributed by atoms with Gasteiger partial charge in [0.15, 0.2) is 0 Å². The molecule has 0 aliphatic heterocycles. The summed E-state index contributed by atoms with van der Waals surface area (Å²) in [6, 6.07) is 1.78. The first kappa shape index (κ1) is 15.0. The third-order valence-electron chi connectivity index (χ3n) is 2.49. The highest BCUT2D eigenvalue weighted by Crippen LogP contribution is 2.19. The molecule has 0 saturated heterocycles. The minimum atomic E-state index is 0.207. The fraction of sp³-hybridized carbons (Fsp3) is 0.500. The maximum absolute atomic E-state index is 5.42. The van der Waals surface area contributed by atoms with Crippen LogP contribution in [-0.2, 0) is 6.54 Å². The van der Waals surface area contributed by atoms with E-state index in [4.69, 9.17) is 13.9 Å². The van der Waals surface area contributed by atoms with E-state index in [0.29, 0.717) is 24.2 Å². The molecule has 2 aromatic heterocycles. The highest BCUT2D eigenvalue weighted by Gasteiger charge is 2.10. The molecule has 9 heteroatoms. The molecule has 0 aliphatic rings. The van der Waals surface area contributed by atoms with Crippen molar-refractivity contribution in [1.29, 1.82) is 0 Å². The normalized spacial score (nSPS) is 10.4. The molecule has 2 N–H and O–H groups in total. The maximum atomic E-state index is 5.42. The van der Waals surface area contributed by atoms with Crippen LogP contribution in [0, 0.1) is 0 Å². The molecule has 0 bridgehead atoms. The van der Waals surface area contributed by atoms with Crippen molar-refractivity contribution in [3.63, 3.8) is 0 Å². The van der Waals surface area contributed by atoms with Gasteiger partial charge in [-0.05, 0) is 13.0 Å². The van der Waals surface area contributed by atoms with Crippen molar-refractivity contribution in [2.45, 2.75) is 19.9 Å². The number of hydrogen-bond donors (Lipinski definition) is 2. The van der Waals surface area contributed by atoms with Crippen molar-refractivity contribution in [2.75, 3.05) is 26.1 Å². The van der Waals surface area contributed by atoms with Gasteiger partial charge in [0.1, 0.15) is 0 Å². The van der Waals surface area contributed by atoms with Gasteiger partial charge in [-0.2, -0.15) is 9.97 Å². The Hall–Kier alpha value is -2.42. The first-order valence-electron chi connectivity index (χ1n) is 6.52. The second-order valence-electron chi connectivity index (χ2n) is 4.08. The lowest BCUT2D eigenvalue weighted by Gasteiger charge is -2.05. The third kappa shape index (κ3) is 4.28. The average Bonchev–Trinajstić information content (AvgIpc) is 2.94. The first-order chi connectivity index (χ1) is 10.2. The molecular weight excluding hydrogens is 276 g/mol. The molecule has 0 atom stereocenters. The van der Waals surface area contributed by atoms with Crippen LogP contribution in [0.5, 0.6) is 11.8 Å². The lowest BCUT2D eigenvalue weighted by Crippen LogP contribution is -2.13. The number of nitrogens with one attached hydrogen (secondary N) is 2. The van der Waals surface area contributed by atoms with Gasteiger partial charge in [-0.15, -0.1) is 5.10 Å². The summed E-state index contributed by atoms with van der Waals surface area (Å²) < 4.78 is 15.5. The molecule has 0 spiro atoms. The Labute approximate surface area is 122 Å². The third-order valence-corrected chi connectivity index (χ3v) is 2.49. The zero-order valence-electron chi connectivity index (χ0n) is 12.2. The summed E-state index contributed by atoms with van der Waals surface area (Å²) in [5.74, 6) is 1.48. The van der Waals surface area contributed by atoms with Crippen molar-refractivity contribution >= 4 is 12.0 Å². The van der Waals surface area contributed by atoms with Gasteiger partial charge in [0.2, 0.25) is 23.6 Å². The van der Waals surface area contributed by atoms with Crippen molar-refractivity contribution < 1.29 is 13.9 Å². The molecule has 9 nitrogen and oxygen atoms in total. The Kier molecular flexibility index (Phi) is 5.27. The first-order valence-corrected chi connectivity index (χ1v) is 6.52. The Balaban J connectivity index is 2.04. The Morgan fingerprint density at radius 1 is 1.14 bits per heavy atom. The molecule has 0 fully saturated rings. The SMILES string of the molecule is CCCNCc1nnc(Nc2nc(OC)cc(OC)n2)o1. The molecule has 2 aromatic rings. The summed E-state index contributed by atoms with van der Waals surface area (Å²) in [6.45, 7) is 3.49. The van der Waals surface area contributed by atoms with Crippen LogP contribution >= 0.6 is 0 Å². The summed E-state index contributed by atoms with van der Waals surface area (Å²) >= 11 is 0. The second kappa shape index (κ2) is 7.39. The molecule has 21 heavy (non-hydrogen) atoms. The van der Waals surface area contributed by atoms with E-state index >= 15 is 0 Å². The minimum absolute atomic E-state index is 0.207. The quantitative estimate of drug-likeness (QED) is 0.692. The maximum Gasteiger partial charge on any atom is 0.322 e. The van der Waals surface area contributed by atoms with Gasteiger partial charge in [0.25, 0.3) is 0 Å². The van der Waals surface area contributed by atoms with Crippen LogP contribution in [0.25, 0.3) is 0 Å². The Morgan fingerprint density at radius 3 is 2.48 bits per heavy atom. The summed E-state index contributed by atoms with van der Waals surface area (Å²) in [4.78, 5) is 8.22. The highest BCUT2D eigenvalue weighted by molar-refractivity contribution is 5.42. The van der Waals surface area contributed by atoms with Crippen LogP contribution in [0.1, 0.15) is 19.2 Å². The molecule has 0 amide bonds. The summed E-state index contributed by atoms with van der Waals surface area (Å²) in [5, 5.41) is 13.8. The number of ether oxygens (including phenoxy) is 2. The van der Waals surface area contributed by atoms with E-state index in [0.717, 1.165) is 13.0 Å². The van der Waals surface area contributed by atoms with E-state index < -0.39 is 0 Å². The molecule has 0 unspecified atom stereocenters. The predicted molar refractivity (Wildman–Crippen MR) is 74.7 cm³/mol. The number of methoxy groups -OCH3 is 2. The molecule has 0 aliphatic carbocycles. The van der Waals surface area contributed by atoms with E-state index in [1.165, 1.54) is 14.2 Å². The highest BCUT2D eigenvalue weighted by atomic mass is 16.5. The van der Waals surface area contributed by atoms with Crippen molar-refractivity contribution in [2.24, 2.45) is 0 Å². The number of nitrogens with zero attached hydrogens (tertiary/aromatic N) is 4. The Morgan fingerprint density at radius 2 is 1.86 bits per heavy atom. The van der Waals surface area contributed by atoms with Gasteiger partial charge in [-0.25, -0.2) is 0 Å². The lowest BCUT2D eigenvalue weighted by atomic mass is 10.5. The monoisotopic (exact) mass is 294 g/mol. The van der Waals surface area contributed by atoms with Gasteiger partial charge in [-0.1, -0.05) is 12.0 Å². The van der Waals surface area contributed by atoms with E-state index in [9.17, 15) is 0 Å². The van der Waals surface area contributed by atoms with Gasteiger partial charge >= 0.3 is 6.01 Å². The molecule has 2 rings (SSSR count). The van der Waals surface area contributed by atoms with Crippen LogP contribution in [0.4, 0.5) is 12.0 Å². The summed E-state index contributed by atoms with van der Waals surface area (Å²) in [5.41, 5.74) is 0. The summed E-state index contributed by atoms with van der Waals surface area (Å²) in [7, 11) is 3.02. The van der Waals surface area contributed by atoms with Gasteiger partial charge in [0, 0.05) is 0 Å². The smallest absolute Gasteiger partial charge is 0.322 e. The van der Waals surface area contributed by atoms with Crippen LogP contribution in [0.2, 0.25) is 0 Å². The Bertz CT molecular complexity index is 552. The van der Waals surface area contributed by atoms with E-state index in [1.807, 2.05) is 0 Å². The molecular formula is C12H18N6O3. The molecule has 0 radical (unpaired) electrons. The van der Waals surface area contributed by atoms with E-state index in [1.54, 1.807) is 6.07 Å². The van der Waals surface area contributed by atoms with Crippen molar-refractivity contribution in [3.8, 4) is 11.8 Å². The number of anilines is 2.